The Balaban J connectivity index is 2.29. The van der Waals surface area contributed by atoms with Crippen LogP contribution in [-0.4, -0.2) is 43.0 Å². The van der Waals surface area contributed by atoms with Gasteiger partial charge in [0.2, 0.25) is 0 Å². The predicted molar refractivity (Wildman–Crippen MR) is 66.1 cm³/mol. The summed E-state index contributed by atoms with van der Waals surface area (Å²) in [5.74, 6) is 0. The number of carbonyl (C=O) groups excluding carboxylic acids is 1. The summed E-state index contributed by atoms with van der Waals surface area (Å²) in [6.45, 7) is 11.5. The van der Waals surface area contributed by atoms with E-state index >= 15 is 0 Å². The fourth-order valence-corrected chi connectivity index (χ4v) is 1.72. The summed E-state index contributed by atoms with van der Waals surface area (Å²) in [5.41, 5.74) is -0.502. The molecular formula is C12H24N2O3. The first kappa shape index (κ1) is 14.3. The van der Waals surface area contributed by atoms with Gasteiger partial charge in [-0.15, -0.1) is 0 Å². The molecule has 5 nitrogen and oxygen atoms in total. The molecule has 17 heavy (non-hydrogen) atoms. The number of rotatable bonds is 2. The van der Waals surface area contributed by atoms with E-state index in [9.17, 15) is 4.79 Å². The lowest BCUT2D eigenvalue weighted by molar-refractivity contribution is 0.0111. The van der Waals surface area contributed by atoms with Gasteiger partial charge in [-0.2, -0.15) is 0 Å². The lowest BCUT2D eigenvalue weighted by atomic mass is 10.0. The molecule has 0 spiro atoms. The van der Waals surface area contributed by atoms with Crippen molar-refractivity contribution in [2.45, 2.75) is 51.8 Å². The molecule has 1 atom stereocenters. The van der Waals surface area contributed by atoms with Crippen LogP contribution in [0.5, 0.6) is 0 Å². The van der Waals surface area contributed by atoms with Crippen molar-refractivity contribution in [3.63, 3.8) is 0 Å². The van der Waals surface area contributed by atoms with Crippen LogP contribution in [0.15, 0.2) is 0 Å². The van der Waals surface area contributed by atoms with Gasteiger partial charge in [-0.3, -0.25) is 0 Å². The number of nitrogens with one attached hydrogen (secondary N) is 2. The summed E-state index contributed by atoms with van der Waals surface area (Å²) in [4.78, 5) is 11.5. The summed E-state index contributed by atoms with van der Waals surface area (Å²) in [5, 5.41) is 6.16. The Morgan fingerprint density at radius 2 is 2.18 bits per heavy atom. The monoisotopic (exact) mass is 244 g/mol. The first-order chi connectivity index (χ1) is 7.68. The van der Waals surface area contributed by atoms with Gasteiger partial charge < -0.3 is 20.1 Å². The van der Waals surface area contributed by atoms with Crippen molar-refractivity contribution in [2.24, 2.45) is 0 Å². The van der Waals surface area contributed by atoms with Crippen molar-refractivity contribution in [3.8, 4) is 0 Å². The van der Waals surface area contributed by atoms with Crippen LogP contribution in [0, 0.1) is 0 Å². The van der Waals surface area contributed by atoms with Crippen LogP contribution in [0.3, 0.4) is 0 Å². The van der Waals surface area contributed by atoms with E-state index in [2.05, 4.69) is 24.5 Å². The molecule has 1 amide bonds. The van der Waals surface area contributed by atoms with Gasteiger partial charge in [0.15, 0.2) is 0 Å². The second-order valence-electron chi connectivity index (χ2n) is 6.12. The van der Waals surface area contributed by atoms with E-state index in [0.717, 1.165) is 0 Å². The zero-order chi connectivity index (χ0) is 13.1. The van der Waals surface area contributed by atoms with Crippen LogP contribution >= 0.6 is 0 Å². The first-order valence-corrected chi connectivity index (χ1v) is 6.00. The molecule has 0 aromatic heterocycles. The Labute approximate surface area is 103 Å². The highest BCUT2D eigenvalue weighted by Gasteiger charge is 2.28. The normalized spacial score (nSPS) is 24.2. The molecule has 1 rings (SSSR count). The van der Waals surface area contributed by atoms with Crippen LogP contribution in [0.1, 0.15) is 34.6 Å². The van der Waals surface area contributed by atoms with Crippen molar-refractivity contribution in [1.29, 1.82) is 0 Å². The molecule has 0 aromatic rings. The van der Waals surface area contributed by atoms with E-state index in [1.54, 1.807) is 0 Å². The molecule has 0 bridgehead atoms. The third-order valence-electron chi connectivity index (χ3n) is 2.27. The van der Waals surface area contributed by atoms with Gasteiger partial charge in [-0.05, 0) is 34.6 Å². The van der Waals surface area contributed by atoms with Gasteiger partial charge in [-0.25, -0.2) is 4.79 Å². The van der Waals surface area contributed by atoms with E-state index in [4.69, 9.17) is 9.47 Å². The van der Waals surface area contributed by atoms with Crippen molar-refractivity contribution in [3.05, 3.63) is 0 Å². The number of carbonyl (C=O) groups is 1. The number of morpholine rings is 1. The Kier molecular flexibility index (Phi) is 4.38. The molecule has 1 aliphatic rings. The summed E-state index contributed by atoms with van der Waals surface area (Å²) >= 11 is 0. The third kappa shape index (κ3) is 5.89. The highest BCUT2D eigenvalue weighted by Crippen LogP contribution is 2.10. The molecule has 0 saturated carbocycles. The molecule has 0 aromatic carbocycles. The van der Waals surface area contributed by atoms with Crippen LogP contribution in [0.25, 0.3) is 0 Å². The first-order valence-electron chi connectivity index (χ1n) is 6.00. The molecule has 2 N–H and O–H groups in total. The highest BCUT2D eigenvalue weighted by atomic mass is 16.6. The zero-order valence-electron chi connectivity index (χ0n) is 11.4. The number of hydrogen-bond donors (Lipinski definition) is 2. The SMILES string of the molecule is CC1(C)COCC(CNC(=O)OC(C)(C)C)N1. The van der Waals surface area contributed by atoms with E-state index in [0.29, 0.717) is 19.8 Å². The smallest absolute Gasteiger partial charge is 0.407 e. The molecule has 100 valence electrons. The summed E-state index contributed by atoms with van der Waals surface area (Å²) in [7, 11) is 0. The number of alkyl carbamates (subject to hydrolysis) is 1. The van der Waals surface area contributed by atoms with E-state index in [1.807, 2.05) is 20.8 Å². The largest absolute Gasteiger partial charge is 0.444 e. The van der Waals surface area contributed by atoms with Gasteiger partial charge in [-0.1, -0.05) is 0 Å². The number of hydrogen-bond acceptors (Lipinski definition) is 4. The Hall–Kier alpha value is -0.810. The summed E-state index contributed by atoms with van der Waals surface area (Å²) in [6, 6.07) is 0.131. The van der Waals surface area contributed by atoms with Crippen molar-refractivity contribution >= 4 is 6.09 Å². The van der Waals surface area contributed by atoms with Crippen LogP contribution < -0.4 is 10.6 Å². The zero-order valence-corrected chi connectivity index (χ0v) is 11.4. The van der Waals surface area contributed by atoms with Crippen LogP contribution in [-0.2, 0) is 9.47 Å². The summed E-state index contributed by atoms with van der Waals surface area (Å²) in [6.07, 6.45) is -0.386. The Morgan fingerprint density at radius 3 is 2.71 bits per heavy atom. The number of amides is 1. The Bertz CT molecular complexity index is 271. The standard InChI is InChI=1S/C12H24N2O3/c1-11(2,3)17-10(15)13-6-9-7-16-8-12(4,5)14-9/h9,14H,6-8H2,1-5H3,(H,13,15). The average Bonchev–Trinajstić information content (AvgIpc) is 2.10. The number of ether oxygens (including phenoxy) is 2. The van der Waals surface area contributed by atoms with Gasteiger partial charge >= 0.3 is 6.09 Å². The average molecular weight is 244 g/mol. The maximum Gasteiger partial charge on any atom is 0.407 e. The van der Waals surface area contributed by atoms with E-state index in [1.165, 1.54) is 0 Å². The fraction of sp³-hybridized carbons (Fsp3) is 0.917. The van der Waals surface area contributed by atoms with E-state index in [-0.39, 0.29) is 17.7 Å². The highest BCUT2D eigenvalue weighted by molar-refractivity contribution is 5.67. The predicted octanol–water partition coefficient (Wildman–Crippen LogP) is 1.28. The third-order valence-corrected chi connectivity index (χ3v) is 2.27. The van der Waals surface area contributed by atoms with Crippen molar-refractivity contribution < 1.29 is 14.3 Å². The second kappa shape index (κ2) is 5.23. The quantitative estimate of drug-likeness (QED) is 0.768. The minimum atomic E-state index is -0.458. The van der Waals surface area contributed by atoms with Crippen molar-refractivity contribution in [1.82, 2.24) is 10.6 Å². The molecule has 1 fully saturated rings. The lowest BCUT2D eigenvalue weighted by Gasteiger charge is -2.37. The van der Waals surface area contributed by atoms with Crippen LogP contribution in [0.2, 0.25) is 0 Å². The van der Waals surface area contributed by atoms with Gasteiger partial charge in [0.25, 0.3) is 0 Å². The van der Waals surface area contributed by atoms with Gasteiger partial charge in [0.1, 0.15) is 5.60 Å². The maximum absolute atomic E-state index is 11.5. The molecule has 1 saturated heterocycles. The van der Waals surface area contributed by atoms with Gasteiger partial charge in [0, 0.05) is 18.1 Å². The Morgan fingerprint density at radius 1 is 1.53 bits per heavy atom. The summed E-state index contributed by atoms with van der Waals surface area (Å²) < 4.78 is 10.6. The molecule has 1 aliphatic heterocycles. The minimum absolute atomic E-state index is 0.0431. The molecule has 1 unspecified atom stereocenters. The molecule has 1 heterocycles. The minimum Gasteiger partial charge on any atom is -0.444 e. The molecular weight excluding hydrogens is 220 g/mol. The van der Waals surface area contributed by atoms with Crippen LogP contribution in [0.4, 0.5) is 4.79 Å². The molecule has 0 radical (unpaired) electrons. The fourth-order valence-electron chi connectivity index (χ4n) is 1.72. The van der Waals surface area contributed by atoms with Crippen molar-refractivity contribution in [2.75, 3.05) is 19.8 Å². The van der Waals surface area contributed by atoms with Gasteiger partial charge in [0.05, 0.1) is 13.2 Å². The topological polar surface area (TPSA) is 59.6 Å². The maximum atomic E-state index is 11.5. The van der Waals surface area contributed by atoms with E-state index < -0.39 is 5.60 Å². The lowest BCUT2D eigenvalue weighted by Crippen LogP contribution is -2.58. The second-order valence-corrected chi connectivity index (χ2v) is 6.12. The molecule has 5 heteroatoms. The molecule has 0 aliphatic carbocycles.